The minimum atomic E-state index is 0.825. The average Bonchev–Trinajstić information content (AvgIpc) is 3.33. The molecule has 5 heteroatoms. The number of unbranched alkanes of at least 4 members (excludes halogenated alkanes) is 6. The largest absolute Gasteiger partial charge is 0.461 e. The van der Waals surface area contributed by atoms with Crippen LogP contribution in [0, 0.1) is 0 Å². The third-order valence-electron chi connectivity index (χ3n) is 5.61. The zero-order chi connectivity index (χ0) is 19.3. The van der Waals surface area contributed by atoms with Gasteiger partial charge in [-0.05, 0) is 59.3 Å². The Hall–Kier alpha value is -2.43. The van der Waals surface area contributed by atoms with Crippen molar-refractivity contribution >= 4 is 27.4 Å². The van der Waals surface area contributed by atoms with Crippen LogP contribution in [0.4, 0.5) is 0 Å². The molecule has 4 rings (SSSR count). The van der Waals surface area contributed by atoms with Gasteiger partial charge in [-0.15, -0.1) is 5.10 Å². The summed E-state index contributed by atoms with van der Waals surface area (Å²) in [5.41, 5.74) is 2.94. The number of hydrogen-bond acceptors (Lipinski definition) is 4. The van der Waals surface area contributed by atoms with Crippen molar-refractivity contribution in [1.29, 1.82) is 0 Å². The van der Waals surface area contributed by atoms with Crippen molar-refractivity contribution in [2.75, 3.05) is 0 Å². The molecule has 0 unspecified atom stereocenters. The summed E-state index contributed by atoms with van der Waals surface area (Å²) in [6.07, 6.45) is 12.0. The second kappa shape index (κ2) is 8.72. The molecule has 3 heterocycles. The van der Waals surface area contributed by atoms with Gasteiger partial charge in [0.05, 0.1) is 0 Å². The van der Waals surface area contributed by atoms with E-state index in [0.717, 1.165) is 35.2 Å². The summed E-state index contributed by atoms with van der Waals surface area (Å²) in [6, 6.07) is 8.78. The van der Waals surface area contributed by atoms with Crippen LogP contribution in [-0.2, 0) is 12.8 Å². The molecule has 3 aromatic heterocycles. The maximum atomic E-state index is 6.13. The van der Waals surface area contributed by atoms with E-state index in [0.29, 0.717) is 0 Å². The van der Waals surface area contributed by atoms with Crippen LogP contribution < -0.4 is 0 Å². The first-order valence-corrected chi connectivity index (χ1v) is 10.9. The van der Waals surface area contributed by atoms with Crippen LogP contribution in [0.2, 0.25) is 0 Å². The fourth-order valence-corrected chi connectivity index (χ4v) is 4.02. The first kappa shape index (κ1) is 18.9. The number of rotatable bonds is 10. The fraction of sp³-hybridized carbons (Fsp3) is 0.522. The van der Waals surface area contributed by atoms with Crippen molar-refractivity contribution in [3.8, 4) is 0 Å². The molecule has 0 radical (unpaired) electrons. The van der Waals surface area contributed by atoms with Gasteiger partial charge in [-0.25, -0.2) is 0 Å². The lowest BCUT2D eigenvalue weighted by molar-refractivity contribution is 0.527. The summed E-state index contributed by atoms with van der Waals surface area (Å²) in [5.74, 6) is 1.08. The van der Waals surface area contributed by atoms with Gasteiger partial charge in [0.1, 0.15) is 11.3 Å². The van der Waals surface area contributed by atoms with Crippen LogP contribution in [0.25, 0.3) is 27.4 Å². The number of tetrazole rings is 1. The van der Waals surface area contributed by atoms with Crippen molar-refractivity contribution < 1.29 is 4.42 Å². The van der Waals surface area contributed by atoms with Crippen LogP contribution in [0.5, 0.6) is 0 Å². The molecule has 1 aromatic carbocycles. The maximum absolute atomic E-state index is 6.13. The molecule has 4 aromatic rings. The van der Waals surface area contributed by atoms with Gasteiger partial charge in [0.25, 0.3) is 0 Å². The molecule has 0 aliphatic carbocycles. The molecule has 0 fully saturated rings. The second-order valence-corrected chi connectivity index (χ2v) is 7.86. The first-order valence-electron chi connectivity index (χ1n) is 10.9. The molecule has 5 nitrogen and oxygen atoms in total. The number of hydrogen-bond donors (Lipinski definition) is 0. The van der Waals surface area contributed by atoms with Gasteiger partial charge in [0.15, 0.2) is 5.65 Å². The van der Waals surface area contributed by atoms with Gasteiger partial charge in [-0.1, -0.05) is 52.4 Å². The number of pyridine rings is 1. The second-order valence-electron chi connectivity index (χ2n) is 7.86. The molecule has 0 bridgehead atoms. The van der Waals surface area contributed by atoms with Crippen molar-refractivity contribution in [2.45, 2.75) is 78.1 Å². The highest BCUT2D eigenvalue weighted by Gasteiger charge is 2.13. The zero-order valence-electron chi connectivity index (χ0n) is 17.1. The van der Waals surface area contributed by atoms with Gasteiger partial charge in [0, 0.05) is 22.9 Å². The van der Waals surface area contributed by atoms with Crippen LogP contribution >= 0.6 is 0 Å². The Bertz CT molecular complexity index is 1060. The molecule has 0 saturated carbocycles. The summed E-state index contributed by atoms with van der Waals surface area (Å²) in [4.78, 5) is 0. The van der Waals surface area contributed by atoms with Gasteiger partial charge >= 0.3 is 0 Å². The molecule has 148 valence electrons. The lowest BCUT2D eigenvalue weighted by Crippen LogP contribution is -2.00. The smallest absolute Gasteiger partial charge is 0.187 e. The molecule has 0 amide bonds. The molecule has 0 saturated heterocycles. The van der Waals surface area contributed by atoms with Crippen molar-refractivity contribution in [3.63, 3.8) is 0 Å². The Balaban J connectivity index is 1.66. The Morgan fingerprint density at radius 2 is 1.61 bits per heavy atom. The van der Waals surface area contributed by atoms with E-state index in [9.17, 15) is 0 Å². The molecule has 0 aliphatic heterocycles. The fourth-order valence-electron chi connectivity index (χ4n) is 4.02. The predicted molar refractivity (Wildman–Crippen MR) is 114 cm³/mol. The molecular weight excluding hydrogens is 348 g/mol. The monoisotopic (exact) mass is 378 g/mol. The highest BCUT2D eigenvalue weighted by molar-refractivity contribution is 6.02. The number of aromatic nitrogens is 4. The summed E-state index contributed by atoms with van der Waals surface area (Å²) in [6.45, 7) is 4.48. The SMILES string of the molecule is CCCCCCc1cc2cc3cc(CCCCCC)n4nnnc4c3cc2o1. The van der Waals surface area contributed by atoms with Gasteiger partial charge in [0.2, 0.25) is 0 Å². The van der Waals surface area contributed by atoms with Crippen molar-refractivity contribution in [1.82, 2.24) is 20.0 Å². The quantitative estimate of drug-likeness (QED) is 0.305. The van der Waals surface area contributed by atoms with E-state index < -0.39 is 0 Å². The van der Waals surface area contributed by atoms with E-state index in [1.54, 1.807) is 0 Å². The average molecular weight is 379 g/mol. The third-order valence-corrected chi connectivity index (χ3v) is 5.61. The summed E-state index contributed by atoms with van der Waals surface area (Å²) in [7, 11) is 0. The summed E-state index contributed by atoms with van der Waals surface area (Å²) >= 11 is 0. The lowest BCUT2D eigenvalue weighted by atomic mass is 10.1. The molecule has 28 heavy (non-hydrogen) atoms. The van der Waals surface area contributed by atoms with Gasteiger partial charge in [-0.3, -0.25) is 0 Å². The van der Waals surface area contributed by atoms with Crippen LogP contribution in [0.1, 0.15) is 76.7 Å². The number of benzene rings is 1. The zero-order valence-corrected chi connectivity index (χ0v) is 17.1. The maximum Gasteiger partial charge on any atom is 0.187 e. The van der Waals surface area contributed by atoms with E-state index in [1.807, 2.05) is 4.52 Å². The normalized spacial score (nSPS) is 11.9. The third kappa shape index (κ3) is 3.89. The molecular formula is C23H30N4O. The molecule has 0 aliphatic rings. The highest BCUT2D eigenvalue weighted by Crippen LogP contribution is 2.29. The minimum Gasteiger partial charge on any atom is -0.461 e. The molecule has 0 atom stereocenters. The van der Waals surface area contributed by atoms with Gasteiger partial charge in [-0.2, -0.15) is 4.52 Å². The Labute approximate surface area is 166 Å². The minimum absolute atomic E-state index is 0.825. The van der Waals surface area contributed by atoms with E-state index in [2.05, 4.69) is 53.6 Å². The summed E-state index contributed by atoms with van der Waals surface area (Å²) < 4.78 is 8.02. The Kier molecular flexibility index (Phi) is 5.89. The van der Waals surface area contributed by atoms with Crippen LogP contribution in [0.15, 0.2) is 28.7 Å². The van der Waals surface area contributed by atoms with E-state index in [1.165, 1.54) is 67.8 Å². The van der Waals surface area contributed by atoms with Gasteiger partial charge < -0.3 is 4.42 Å². The van der Waals surface area contributed by atoms with Crippen LogP contribution in [0.3, 0.4) is 0 Å². The standard InChI is InChI=1S/C23H30N4O/c1-3-5-7-9-11-19-14-17-13-18-15-20(12-10-8-6-4-2)28-22(18)16-21(17)23-24-25-26-27(19)23/h13-16H,3-12H2,1-2H3. The Morgan fingerprint density at radius 3 is 2.39 bits per heavy atom. The van der Waals surface area contributed by atoms with Crippen molar-refractivity contribution in [3.05, 3.63) is 35.7 Å². The number of fused-ring (bicyclic) bond motifs is 4. The predicted octanol–water partition coefficient (Wildman–Crippen LogP) is 6.27. The van der Waals surface area contributed by atoms with Crippen LogP contribution in [-0.4, -0.2) is 20.0 Å². The van der Waals surface area contributed by atoms with E-state index in [-0.39, 0.29) is 0 Å². The first-order chi connectivity index (χ1) is 13.8. The topological polar surface area (TPSA) is 56.2 Å². The number of aryl methyl sites for hydroxylation is 2. The lowest BCUT2D eigenvalue weighted by Gasteiger charge is -2.07. The number of furan rings is 1. The molecule has 0 spiro atoms. The van der Waals surface area contributed by atoms with Crippen molar-refractivity contribution in [2.24, 2.45) is 0 Å². The highest BCUT2D eigenvalue weighted by atomic mass is 16.3. The van der Waals surface area contributed by atoms with E-state index in [4.69, 9.17) is 4.42 Å². The number of nitrogens with zero attached hydrogens (tertiary/aromatic N) is 4. The Morgan fingerprint density at radius 1 is 0.821 bits per heavy atom. The molecule has 0 N–H and O–H groups in total. The summed E-state index contributed by atoms with van der Waals surface area (Å²) in [5, 5.41) is 15.9. The van der Waals surface area contributed by atoms with E-state index >= 15 is 0 Å².